The molecule has 0 N–H and O–H groups in total. The lowest BCUT2D eigenvalue weighted by molar-refractivity contribution is -0.116. The number of thioether (sulfide) groups is 1. The number of hydrogen-bond acceptors (Lipinski definition) is 7. The quantitative estimate of drug-likeness (QED) is 0.294. The zero-order valence-corrected chi connectivity index (χ0v) is 19.6. The smallest absolute Gasteiger partial charge is 0.266 e. The Kier molecular flexibility index (Phi) is 6.57. The van der Waals surface area contributed by atoms with E-state index in [0.29, 0.717) is 33.6 Å². The summed E-state index contributed by atoms with van der Waals surface area (Å²) in [5, 5.41) is 3.70. The van der Waals surface area contributed by atoms with E-state index in [1.807, 2.05) is 54.8 Å². The second-order valence-corrected chi connectivity index (χ2v) is 8.75. The van der Waals surface area contributed by atoms with Gasteiger partial charge in [-0.2, -0.15) is 0 Å². The van der Waals surface area contributed by atoms with Crippen molar-refractivity contribution >= 4 is 45.0 Å². The molecule has 32 heavy (non-hydrogen) atoms. The van der Waals surface area contributed by atoms with Gasteiger partial charge in [-0.3, -0.25) is 19.1 Å². The van der Waals surface area contributed by atoms with Gasteiger partial charge < -0.3 is 4.74 Å². The number of thiazole rings is 1. The van der Waals surface area contributed by atoms with Gasteiger partial charge in [-0.05, 0) is 43.3 Å². The van der Waals surface area contributed by atoms with Gasteiger partial charge in [0.2, 0.25) is 5.91 Å². The Morgan fingerprint density at radius 2 is 1.91 bits per heavy atom. The molecule has 0 unspecified atom stereocenters. The number of anilines is 1. The minimum atomic E-state index is -0.127. The molecular weight excluding hydrogens is 444 g/mol. The molecule has 164 valence electrons. The van der Waals surface area contributed by atoms with Crippen molar-refractivity contribution in [3.63, 3.8) is 0 Å². The molecule has 4 aromatic rings. The van der Waals surface area contributed by atoms with E-state index >= 15 is 0 Å². The lowest BCUT2D eigenvalue weighted by Crippen LogP contribution is -2.22. The van der Waals surface area contributed by atoms with Gasteiger partial charge in [0.1, 0.15) is 5.75 Å². The maximum Gasteiger partial charge on any atom is 0.266 e. The van der Waals surface area contributed by atoms with Gasteiger partial charge in [0.25, 0.3) is 5.56 Å². The van der Waals surface area contributed by atoms with Crippen LogP contribution in [0.25, 0.3) is 16.6 Å². The van der Waals surface area contributed by atoms with Crippen LogP contribution < -0.4 is 15.2 Å². The first-order valence-electron chi connectivity index (χ1n) is 10.0. The van der Waals surface area contributed by atoms with Crippen LogP contribution >= 0.6 is 23.1 Å². The summed E-state index contributed by atoms with van der Waals surface area (Å²) in [4.78, 5) is 35.8. The number of amides is 1. The topological polar surface area (TPSA) is 77.3 Å². The minimum Gasteiger partial charge on any atom is -0.494 e. The summed E-state index contributed by atoms with van der Waals surface area (Å²) in [5.41, 5.74) is 2.06. The van der Waals surface area contributed by atoms with E-state index in [2.05, 4.69) is 4.98 Å². The highest BCUT2D eigenvalue weighted by Crippen LogP contribution is 2.28. The Morgan fingerprint density at radius 3 is 2.62 bits per heavy atom. The van der Waals surface area contributed by atoms with E-state index in [1.54, 1.807) is 17.7 Å². The Labute approximate surface area is 193 Å². The van der Waals surface area contributed by atoms with Crippen LogP contribution in [0.15, 0.2) is 63.9 Å². The van der Waals surface area contributed by atoms with Crippen molar-refractivity contribution < 1.29 is 9.53 Å². The number of ether oxygens (including phenoxy) is 1. The van der Waals surface area contributed by atoms with Gasteiger partial charge in [0.15, 0.2) is 10.3 Å². The molecule has 2 aromatic carbocycles. The third-order valence-corrected chi connectivity index (χ3v) is 6.74. The first kappa shape index (κ1) is 22.0. The van der Waals surface area contributed by atoms with Crippen molar-refractivity contribution in [2.45, 2.75) is 24.8 Å². The van der Waals surface area contributed by atoms with Gasteiger partial charge >= 0.3 is 0 Å². The van der Waals surface area contributed by atoms with E-state index in [-0.39, 0.29) is 11.5 Å². The van der Waals surface area contributed by atoms with Crippen LogP contribution in [0.2, 0.25) is 0 Å². The van der Waals surface area contributed by atoms with Gasteiger partial charge in [-0.25, -0.2) is 9.97 Å². The Balaban J connectivity index is 1.71. The molecule has 0 aliphatic heterocycles. The van der Waals surface area contributed by atoms with Gasteiger partial charge in [-0.15, -0.1) is 11.3 Å². The number of para-hydroxylation sites is 1. The molecule has 0 saturated heterocycles. The first-order chi connectivity index (χ1) is 15.5. The molecule has 9 heteroatoms. The largest absolute Gasteiger partial charge is 0.494 e. The second kappa shape index (κ2) is 9.54. The number of nitrogens with zero attached hydrogens (tertiary/aromatic N) is 4. The number of hydrogen-bond donors (Lipinski definition) is 0. The van der Waals surface area contributed by atoms with Crippen LogP contribution in [0.5, 0.6) is 5.75 Å². The highest BCUT2D eigenvalue weighted by atomic mass is 32.2. The molecule has 0 radical (unpaired) electrons. The van der Waals surface area contributed by atoms with Crippen LogP contribution in [0.4, 0.5) is 5.13 Å². The Morgan fingerprint density at radius 1 is 1.16 bits per heavy atom. The summed E-state index contributed by atoms with van der Waals surface area (Å²) in [6, 6.07) is 14.7. The summed E-state index contributed by atoms with van der Waals surface area (Å²) in [6.07, 6.45) is 0. The van der Waals surface area contributed by atoms with Crippen LogP contribution in [-0.2, 0) is 10.5 Å². The summed E-state index contributed by atoms with van der Waals surface area (Å²) in [7, 11) is 1.70. The third kappa shape index (κ3) is 4.53. The van der Waals surface area contributed by atoms with Gasteiger partial charge in [0.05, 0.1) is 28.9 Å². The minimum absolute atomic E-state index is 0.0703. The van der Waals surface area contributed by atoms with E-state index < -0.39 is 0 Å². The van der Waals surface area contributed by atoms with Gasteiger partial charge in [0, 0.05) is 25.1 Å². The summed E-state index contributed by atoms with van der Waals surface area (Å²) >= 11 is 2.84. The monoisotopic (exact) mass is 466 g/mol. The number of carbonyl (C=O) groups is 1. The van der Waals surface area contributed by atoms with Crippen LogP contribution in [0.3, 0.4) is 0 Å². The number of carbonyl (C=O) groups excluding carboxylic acids is 1. The summed E-state index contributed by atoms with van der Waals surface area (Å²) in [6.45, 7) is 4.01. The Hall–Kier alpha value is -3.17. The number of benzene rings is 2. The lowest BCUT2D eigenvalue weighted by Gasteiger charge is -2.13. The third-order valence-electron chi connectivity index (χ3n) is 4.80. The average molecular weight is 467 g/mol. The van der Waals surface area contributed by atoms with E-state index in [1.165, 1.54) is 34.9 Å². The van der Waals surface area contributed by atoms with Crippen molar-refractivity contribution in [2.24, 2.45) is 0 Å². The molecule has 2 aromatic heterocycles. The van der Waals surface area contributed by atoms with E-state index in [0.717, 1.165) is 17.1 Å². The van der Waals surface area contributed by atoms with Crippen molar-refractivity contribution in [3.8, 4) is 11.4 Å². The second-order valence-electron chi connectivity index (χ2n) is 6.97. The lowest BCUT2D eigenvalue weighted by atomic mass is 10.2. The van der Waals surface area contributed by atoms with Crippen molar-refractivity contribution in [2.75, 3.05) is 18.6 Å². The number of aromatic nitrogens is 3. The van der Waals surface area contributed by atoms with Crippen molar-refractivity contribution in [3.05, 3.63) is 70.0 Å². The molecule has 0 saturated carbocycles. The molecular formula is C23H22N4O3S2. The maximum absolute atomic E-state index is 13.4. The fourth-order valence-electron chi connectivity index (χ4n) is 3.08. The van der Waals surface area contributed by atoms with E-state index in [4.69, 9.17) is 9.72 Å². The fraction of sp³-hybridized carbons (Fsp3) is 0.217. The summed E-state index contributed by atoms with van der Waals surface area (Å²) in [5.74, 6) is 1.19. The fourth-order valence-corrected chi connectivity index (χ4v) is 4.93. The first-order valence-corrected chi connectivity index (χ1v) is 11.9. The zero-order valence-electron chi connectivity index (χ0n) is 17.9. The molecule has 0 aliphatic rings. The van der Waals surface area contributed by atoms with Crippen LogP contribution in [-0.4, -0.2) is 34.1 Å². The molecule has 0 atom stereocenters. The molecule has 1 amide bonds. The highest BCUT2D eigenvalue weighted by Gasteiger charge is 2.15. The number of rotatable bonds is 7. The summed E-state index contributed by atoms with van der Waals surface area (Å²) < 4.78 is 7.15. The van der Waals surface area contributed by atoms with E-state index in [9.17, 15) is 9.59 Å². The maximum atomic E-state index is 13.4. The molecule has 7 nitrogen and oxygen atoms in total. The Bertz CT molecular complexity index is 1320. The molecule has 4 rings (SSSR count). The van der Waals surface area contributed by atoms with Crippen LogP contribution in [0.1, 0.15) is 19.5 Å². The predicted molar refractivity (Wildman–Crippen MR) is 129 cm³/mol. The van der Waals surface area contributed by atoms with Crippen molar-refractivity contribution in [1.82, 2.24) is 14.5 Å². The van der Waals surface area contributed by atoms with Gasteiger partial charge in [-0.1, -0.05) is 23.9 Å². The molecule has 0 aliphatic carbocycles. The molecule has 2 heterocycles. The highest BCUT2D eigenvalue weighted by molar-refractivity contribution is 7.98. The molecule has 0 fully saturated rings. The zero-order chi connectivity index (χ0) is 22.7. The molecule has 0 spiro atoms. The molecule has 0 bridgehead atoms. The number of fused-ring (bicyclic) bond motifs is 1. The normalized spacial score (nSPS) is 11.0. The van der Waals surface area contributed by atoms with Crippen molar-refractivity contribution in [1.29, 1.82) is 0 Å². The standard InChI is InChI=1S/C23H22N4O3S2/c1-4-30-18-11-9-17(10-12-18)27-21(29)19-7-5-6-8-20(19)25-23(27)32-14-16-13-31-22(24-16)26(3)15(2)28/h5-13H,4,14H2,1-3H3. The predicted octanol–water partition coefficient (Wildman–Crippen LogP) is 4.52. The van der Waals surface area contributed by atoms with Crippen LogP contribution in [0, 0.1) is 0 Å². The SMILES string of the molecule is CCOc1ccc(-n2c(SCc3csc(N(C)C(C)=O)n3)nc3ccccc3c2=O)cc1. The average Bonchev–Trinajstić information content (AvgIpc) is 3.27.